The standard InChI is InChI=1S/C19H26N4/c1-5-23-12-15(13-8-6-7-9-17(13)23)14(11-20)16-10-18(22-21-16)19(2,3)4/h6-10,12,14H,5,11,20H2,1-4H3,(H,21,22). The molecule has 0 amide bonds. The van der Waals surface area contributed by atoms with Gasteiger partial charge in [0.25, 0.3) is 0 Å². The third-order valence-corrected chi connectivity index (χ3v) is 4.51. The van der Waals surface area contributed by atoms with Gasteiger partial charge in [-0.3, -0.25) is 5.10 Å². The van der Waals surface area contributed by atoms with E-state index < -0.39 is 0 Å². The topological polar surface area (TPSA) is 59.6 Å². The van der Waals surface area contributed by atoms with E-state index >= 15 is 0 Å². The van der Waals surface area contributed by atoms with Gasteiger partial charge in [-0.25, -0.2) is 0 Å². The molecule has 0 spiro atoms. The molecule has 0 radical (unpaired) electrons. The van der Waals surface area contributed by atoms with Gasteiger partial charge in [-0.2, -0.15) is 5.10 Å². The van der Waals surface area contributed by atoms with E-state index in [0.717, 1.165) is 17.9 Å². The smallest absolute Gasteiger partial charge is 0.0678 e. The predicted octanol–water partition coefficient (Wildman–Crippen LogP) is 3.77. The van der Waals surface area contributed by atoms with Crippen molar-refractivity contribution in [2.75, 3.05) is 6.54 Å². The lowest BCUT2D eigenvalue weighted by atomic mass is 9.90. The molecule has 0 saturated heterocycles. The number of para-hydroxylation sites is 1. The molecule has 0 saturated carbocycles. The Balaban J connectivity index is 2.10. The number of hydrogen-bond donors (Lipinski definition) is 2. The molecule has 23 heavy (non-hydrogen) atoms. The molecule has 0 bridgehead atoms. The molecule has 4 heteroatoms. The third-order valence-electron chi connectivity index (χ3n) is 4.51. The first-order chi connectivity index (χ1) is 11.0. The van der Waals surface area contributed by atoms with E-state index in [1.807, 2.05) is 0 Å². The van der Waals surface area contributed by atoms with Crippen molar-refractivity contribution in [1.29, 1.82) is 0 Å². The summed E-state index contributed by atoms with van der Waals surface area (Å²) in [6.07, 6.45) is 2.24. The summed E-state index contributed by atoms with van der Waals surface area (Å²) in [4.78, 5) is 0. The lowest BCUT2D eigenvalue weighted by molar-refractivity contribution is 0.567. The van der Waals surface area contributed by atoms with Crippen LogP contribution in [0.15, 0.2) is 36.5 Å². The number of H-pyrrole nitrogens is 1. The fourth-order valence-corrected chi connectivity index (χ4v) is 3.14. The molecular formula is C19H26N4. The summed E-state index contributed by atoms with van der Waals surface area (Å²) in [5.74, 6) is 0.135. The Morgan fingerprint density at radius 3 is 2.61 bits per heavy atom. The zero-order valence-electron chi connectivity index (χ0n) is 14.4. The summed E-state index contributed by atoms with van der Waals surface area (Å²) in [6, 6.07) is 10.7. The Morgan fingerprint density at radius 1 is 1.26 bits per heavy atom. The number of nitrogens with two attached hydrogens (primary N) is 1. The second-order valence-corrected chi connectivity index (χ2v) is 7.13. The van der Waals surface area contributed by atoms with Crippen molar-refractivity contribution in [3.05, 3.63) is 53.5 Å². The van der Waals surface area contributed by atoms with Crippen LogP contribution in [0.3, 0.4) is 0 Å². The lowest BCUT2D eigenvalue weighted by Crippen LogP contribution is -2.14. The van der Waals surface area contributed by atoms with E-state index in [1.54, 1.807) is 0 Å². The van der Waals surface area contributed by atoms with Crippen LogP contribution in [0.5, 0.6) is 0 Å². The van der Waals surface area contributed by atoms with Gasteiger partial charge in [0, 0.05) is 47.2 Å². The minimum Gasteiger partial charge on any atom is -0.347 e. The van der Waals surface area contributed by atoms with Crippen molar-refractivity contribution in [2.45, 2.75) is 45.6 Å². The largest absolute Gasteiger partial charge is 0.347 e. The first-order valence-corrected chi connectivity index (χ1v) is 8.29. The second-order valence-electron chi connectivity index (χ2n) is 7.13. The molecule has 2 aromatic heterocycles. The van der Waals surface area contributed by atoms with Crippen LogP contribution in [0.1, 0.15) is 50.6 Å². The van der Waals surface area contributed by atoms with E-state index in [2.05, 4.69) is 79.0 Å². The monoisotopic (exact) mass is 310 g/mol. The summed E-state index contributed by atoms with van der Waals surface area (Å²) in [6.45, 7) is 10.2. The molecule has 0 fully saturated rings. The van der Waals surface area contributed by atoms with Crippen molar-refractivity contribution < 1.29 is 0 Å². The van der Waals surface area contributed by atoms with Crippen LogP contribution in [-0.2, 0) is 12.0 Å². The molecule has 1 unspecified atom stereocenters. The second kappa shape index (κ2) is 5.85. The van der Waals surface area contributed by atoms with E-state index in [1.165, 1.54) is 16.5 Å². The van der Waals surface area contributed by atoms with Gasteiger partial charge in [0.2, 0.25) is 0 Å². The molecule has 3 rings (SSSR count). The zero-order chi connectivity index (χ0) is 16.6. The molecule has 122 valence electrons. The summed E-state index contributed by atoms with van der Waals surface area (Å²) in [5.41, 5.74) is 10.9. The third kappa shape index (κ3) is 2.79. The highest BCUT2D eigenvalue weighted by Crippen LogP contribution is 2.32. The molecule has 4 nitrogen and oxygen atoms in total. The fraction of sp³-hybridized carbons (Fsp3) is 0.421. The quantitative estimate of drug-likeness (QED) is 0.770. The molecule has 2 heterocycles. The van der Waals surface area contributed by atoms with Gasteiger partial charge in [-0.1, -0.05) is 39.0 Å². The molecule has 1 atom stereocenters. The van der Waals surface area contributed by atoms with E-state index in [9.17, 15) is 0 Å². The normalized spacial score (nSPS) is 13.6. The maximum absolute atomic E-state index is 6.14. The molecule has 3 aromatic rings. The number of aromatic amines is 1. The number of aryl methyl sites for hydroxylation is 1. The van der Waals surface area contributed by atoms with Crippen LogP contribution < -0.4 is 5.73 Å². The van der Waals surface area contributed by atoms with Crippen LogP contribution in [0, 0.1) is 0 Å². The molecule has 0 aliphatic carbocycles. The fourth-order valence-electron chi connectivity index (χ4n) is 3.14. The summed E-state index contributed by atoms with van der Waals surface area (Å²) >= 11 is 0. The van der Waals surface area contributed by atoms with Crippen LogP contribution >= 0.6 is 0 Å². The molecule has 0 aliphatic heterocycles. The molecular weight excluding hydrogens is 284 g/mol. The average Bonchev–Trinajstić information content (AvgIpc) is 3.14. The van der Waals surface area contributed by atoms with Crippen LogP contribution in [0.2, 0.25) is 0 Å². The number of nitrogens with zero attached hydrogens (tertiary/aromatic N) is 2. The van der Waals surface area contributed by atoms with E-state index in [4.69, 9.17) is 5.73 Å². The SMILES string of the molecule is CCn1cc(C(CN)c2cc(C(C)(C)C)n[nH]2)c2ccccc21. The molecule has 1 aromatic carbocycles. The van der Waals surface area contributed by atoms with Crippen molar-refractivity contribution in [2.24, 2.45) is 5.73 Å². The summed E-state index contributed by atoms with van der Waals surface area (Å²) in [7, 11) is 0. The lowest BCUT2D eigenvalue weighted by Gasteiger charge is -2.14. The van der Waals surface area contributed by atoms with Gasteiger partial charge in [-0.05, 0) is 24.6 Å². The van der Waals surface area contributed by atoms with Crippen molar-refractivity contribution in [1.82, 2.24) is 14.8 Å². The first kappa shape index (κ1) is 15.8. The number of hydrogen-bond acceptors (Lipinski definition) is 2. The molecule has 0 aliphatic rings. The Hall–Kier alpha value is -2.07. The number of aromatic nitrogens is 3. The molecule has 3 N–H and O–H groups in total. The van der Waals surface area contributed by atoms with E-state index in [-0.39, 0.29) is 11.3 Å². The average molecular weight is 310 g/mol. The van der Waals surface area contributed by atoms with Gasteiger partial charge in [0.1, 0.15) is 0 Å². The highest BCUT2D eigenvalue weighted by Gasteiger charge is 2.23. The summed E-state index contributed by atoms with van der Waals surface area (Å²) < 4.78 is 2.29. The van der Waals surface area contributed by atoms with E-state index in [0.29, 0.717) is 6.54 Å². The maximum atomic E-state index is 6.14. The van der Waals surface area contributed by atoms with Gasteiger partial charge in [0.15, 0.2) is 0 Å². The Labute approximate surface area is 137 Å². The number of nitrogens with one attached hydrogen (secondary N) is 1. The van der Waals surface area contributed by atoms with Crippen LogP contribution in [0.4, 0.5) is 0 Å². The summed E-state index contributed by atoms with van der Waals surface area (Å²) in [5, 5.41) is 8.99. The maximum Gasteiger partial charge on any atom is 0.0678 e. The zero-order valence-corrected chi connectivity index (χ0v) is 14.4. The van der Waals surface area contributed by atoms with Gasteiger partial charge < -0.3 is 10.3 Å². The van der Waals surface area contributed by atoms with Gasteiger partial charge in [0.05, 0.1) is 5.69 Å². The number of fused-ring (bicyclic) bond motifs is 1. The highest BCUT2D eigenvalue weighted by atomic mass is 15.1. The van der Waals surface area contributed by atoms with Crippen molar-refractivity contribution in [3.8, 4) is 0 Å². The van der Waals surface area contributed by atoms with Gasteiger partial charge >= 0.3 is 0 Å². The van der Waals surface area contributed by atoms with Crippen LogP contribution in [-0.4, -0.2) is 21.3 Å². The van der Waals surface area contributed by atoms with Crippen molar-refractivity contribution in [3.63, 3.8) is 0 Å². The van der Waals surface area contributed by atoms with Crippen LogP contribution in [0.25, 0.3) is 10.9 Å². The predicted molar refractivity (Wildman–Crippen MR) is 95.8 cm³/mol. The number of benzene rings is 1. The minimum atomic E-state index is 0.0331. The van der Waals surface area contributed by atoms with Crippen molar-refractivity contribution >= 4 is 10.9 Å². The Bertz CT molecular complexity index is 804. The highest BCUT2D eigenvalue weighted by molar-refractivity contribution is 5.85. The van der Waals surface area contributed by atoms with Gasteiger partial charge in [-0.15, -0.1) is 0 Å². The first-order valence-electron chi connectivity index (χ1n) is 8.29. The number of rotatable bonds is 4. The minimum absolute atomic E-state index is 0.0331. The Morgan fingerprint density at radius 2 is 2.00 bits per heavy atom. The Kier molecular flexibility index (Phi) is 4.02.